The maximum Gasteiger partial charge on any atom is 0.306 e. The number of methoxy groups -OCH3 is 1. The summed E-state index contributed by atoms with van der Waals surface area (Å²) in [5, 5.41) is 2.89. The first kappa shape index (κ1) is 15.9. The van der Waals surface area contributed by atoms with E-state index in [2.05, 4.69) is 5.32 Å². The van der Waals surface area contributed by atoms with Crippen molar-refractivity contribution < 1.29 is 14.3 Å². The van der Waals surface area contributed by atoms with E-state index in [4.69, 9.17) is 4.74 Å². The van der Waals surface area contributed by atoms with E-state index < -0.39 is 0 Å². The number of amides is 1. The molecule has 21 heavy (non-hydrogen) atoms. The Morgan fingerprint density at radius 3 is 2.76 bits per heavy atom. The van der Waals surface area contributed by atoms with Gasteiger partial charge in [-0.25, -0.2) is 0 Å². The van der Waals surface area contributed by atoms with E-state index in [0.717, 1.165) is 29.8 Å². The highest BCUT2D eigenvalue weighted by atomic mass is 32.2. The molecule has 1 aromatic rings. The third-order valence-corrected chi connectivity index (χ3v) is 4.93. The van der Waals surface area contributed by atoms with Crippen molar-refractivity contribution in [1.29, 1.82) is 0 Å². The first-order chi connectivity index (χ1) is 10.0. The minimum atomic E-state index is -0.155. The molecule has 0 radical (unpaired) electrons. The van der Waals surface area contributed by atoms with Crippen molar-refractivity contribution in [2.45, 2.75) is 26.2 Å². The number of rotatable bonds is 7. The third-order valence-electron chi connectivity index (χ3n) is 3.65. The van der Waals surface area contributed by atoms with E-state index in [1.165, 1.54) is 7.11 Å². The molecule has 0 atom stereocenters. The second kappa shape index (κ2) is 6.98. The quantitative estimate of drug-likeness (QED) is 0.787. The first-order valence-corrected chi connectivity index (χ1v) is 8.20. The summed E-state index contributed by atoms with van der Waals surface area (Å²) in [6.07, 6.45) is 2.57. The van der Waals surface area contributed by atoms with E-state index in [9.17, 15) is 9.59 Å². The number of ether oxygens (including phenoxy) is 1. The van der Waals surface area contributed by atoms with Gasteiger partial charge in [0, 0.05) is 5.69 Å². The number of nitrogens with one attached hydrogen (secondary N) is 1. The Labute approximate surface area is 129 Å². The second-order valence-electron chi connectivity index (χ2n) is 5.66. The second-order valence-corrected chi connectivity index (χ2v) is 6.65. The Kier molecular flexibility index (Phi) is 5.28. The summed E-state index contributed by atoms with van der Waals surface area (Å²) in [4.78, 5) is 23.2. The van der Waals surface area contributed by atoms with Gasteiger partial charge in [-0.15, -0.1) is 0 Å². The number of anilines is 1. The predicted molar refractivity (Wildman–Crippen MR) is 85.4 cm³/mol. The Morgan fingerprint density at radius 1 is 1.38 bits per heavy atom. The molecule has 0 aromatic heterocycles. The molecule has 5 heteroatoms. The molecule has 1 N–H and O–H groups in total. The largest absolute Gasteiger partial charge is 0.469 e. The normalized spacial score (nSPS) is 15.3. The number of carbonyl (C=O) groups is 2. The van der Waals surface area contributed by atoms with Crippen LogP contribution in [-0.2, 0) is 14.3 Å². The predicted octanol–water partition coefficient (Wildman–Crippen LogP) is 3.01. The van der Waals surface area contributed by atoms with Crippen LogP contribution in [0.5, 0.6) is 0 Å². The fraction of sp³-hybridized carbons (Fsp3) is 0.500. The van der Waals surface area contributed by atoms with Crippen LogP contribution in [0.25, 0.3) is 0 Å². The summed E-state index contributed by atoms with van der Waals surface area (Å²) in [6, 6.07) is 7.75. The first-order valence-electron chi connectivity index (χ1n) is 7.04. The summed E-state index contributed by atoms with van der Waals surface area (Å²) in [5.41, 5.74) is 2.02. The number of thioether (sulfide) groups is 1. The molecule has 0 unspecified atom stereocenters. The average Bonchev–Trinajstić information content (AvgIpc) is 3.18. The summed E-state index contributed by atoms with van der Waals surface area (Å²) >= 11 is 1.59. The van der Waals surface area contributed by atoms with Gasteiger partial charge in [0.1, 0.15) is 0 Å². The van der Waals surface area contributed by atoms with Gasteiger partial charge >= 0.3 is 5.97 Å². The Morgan fingerprint density at radius 2 is 2.14 bits per heavy atom. The Hall–Kier alpha value is -1.49. The lowest BCUT2D eigenvalue weighted by atomic mass is 10.1. The zero-order chi connectivity index (χ0) is 15.3. The van der Waals surface area contributed by atoms with Crippen LogP contribution in [0, 0.1) is 12.3 Å². The van der Waals surface area contributed by atoms with Crippen molar-refractivity contribution in [3.05, 3.63) is 29.8 Å². The van der Waals surface area contributed by atoms with Crippen molar-refractivity contribution >= 4 is 29.3 Å². The van der Waals surface area contributed by atoms with Crippen molar-refractivity contribution in [2.24, 2.45) is 5.41 Å². The number of hydrogen-bond acceptors (Lipinski definition) is 4. The van der Waals surface area contributed by atoms with Gasteiger partial charge in [-0.2, -0.15) is 11.8 Å². The van der Waals surface area contributed by atoms with Crippen LogP contribution in [0.4, 0.5) is 5.69 Å². The molecule has 0 spiro atoms. The summed E-state index contributed by atoms with van der Waals surface area (Å²) in [5.74, 6) is 1.09. The van der Waals surface area contributed by atoms with E-state index >= 15 is 0 Å². The standard InChI is InChI=1S/C16H21NO3S/c1-12-4-3-5-13(8-12)17-14(18)10-21-11-16(6-7-16)9-15(19)20-2/h3-5,8H,6-7,9-11H2,1-2H3,(H,17,18). The molecule has 0 heterocycles. The Bertz CT molecular complexity index is 526. The van der Waals surface area contributed by atoms with Crippen LogP contribution in [0.15, 0.2) is 24.3 Å². The van der Waals surface area contributed by atoms with Crippen LogP contribution < -0.4 is 5.32 Å². The zero-order valence-electron chi connectivity index (χ0n) is 12.5. The molecule has 114 valence electrons. The van der Waals surface area contributed by atoms with Gasteiger partial charge in [-0.3, -0.25) is 9.59 Å². The van der Waals surface area contributed by atoms with Gasteiger partial charge in [-0.1, -0.05) is 12.1 Å². The molecule has 1 aliphatic rings. The lowest BCUT2D eigenvalue weighted by Gasteiger charge is -2.13. The highest BCUT2D eigenvalue weighted by Crippen LogP contribution is 2.51. The van der Waals surface area contributed by atoms with Crippen molar-refractivity contribution in [3.8, 4) is 0 Å². The van der Waals surface area contributed by atoms with Crippen LogP contribution >= 0.6 is 11.8 Å². The smallest absolute Gasteiger partial charge is 0.306 e. The molecule has 1 aliphatic carbocycles. The van der Waals surface area contributed by atoms with Gasteiger partial charge < -0.3 is 10.1 Å². The lowest BCUT2D eigenvalue weighted by Crippen LogP contribution is -2.17. The maximum atomic E-state index is 11.9. The summed E-state index contributed by atoms with van der Waals surface area (Å²) in [6.45, 7) is 1.99. The summed E-state index contributed by atoms with van der Waals surface area (Å²) in [7, 11) is 1.42. The zero-order valence-corrected chi connectivity index (χ0v) is 13.3. The lowest BCUT2D eigenvalue weighted by molar-refractivity contribution is -0.141. The van der Waals surface area contributed by atoms with Crippen molar-refractivity contribution in [3.63, 3.8) is 0 Å². The SMILES string of the molecule is COC(=O)CC1(CSCC(=O)Nc2cccc(C)c2)CC1. The summed E-state index contributed by atoms with van der Waals surface area (Å²) < 4.78 is 4.72. The minimum Gasteiger partial charge on any atom is -0.469 e. The molecule has 0 bridgehead atoms. The number of benzene rings is 1. The number of hydrogen-bond donors (Lipinski definition) is 1. The molecule has 0 aliphatic heterocycles. The number of aryl methyl sites for hydroxylation is 1. The average molecular weight is 307 g/mol. The highest BCUT2D eigenvalue weighted by molar-refractivity contribution is 8.00. The fourth-order valence-electron chi connectivity index (χ4n) is 2.21. The molecule has 1 aromatic carbocycles. The van der Waals surface area contributed by atoms with Gasteiger partial charge in [-0.05, 0) is 48.6 Å². The van der Waals surface area contributed by atoms with Crippen molar-refractivity contribution in [1.82, 2.24) is 0 Å². The third kappa shape index (κ3) is 5.08. The number of esters is 1. The van der Waals surface area contributed by atoms with Crippen LogP contribution in [0.1, 0.15) is 24.8 Å². The number of carbonyl (C=O) groups excluding carboxylic acids is 2. The molecule has 4 nitrogen and oxygen atoms in total. The van der Waals surface area contributed by atoms with Gasteiger partial charge in [0.15, 0.2) is 0 Å². The van der Waals surface area contributed by atoms with Crippen molar-refractivity contribution in [2.75, 3.05) is 23.9 Å². The van der Waals surface area contributed by atoms with E-state index in [1.54, 1.807) is 11.8 Å². The van der Waals surface area contributed by atoms with E-state index in [-0.39, 0.29) is 17.3 Å². The van der Waals surface area contributed by atoms with Gasteiger partial charge in [0.05, 0.1) is 19.3 Å². The van der Waals surface area contributed by atoms with Crippen LogP contribution in [0.3, 0.4) is 0 Å². The molecule has 1 fully saturated rings. The minimum absolute atomic E-state index is 0.000493. The fourth-order valence-corrected chi connectivity index (χ4v) is 3.39. The van der Waals surface area contributed by atoms with Gasteiger partial charge in [0.25, 0.3) is 0 Å². The van der Waals surface area contributed by atoms with Crippen LogP contribution in [0.2, 0.25) is 0 Å². The maximum absolute atomic E-state index is 11.9. The molecule has 1 amide bonds. The van der Waals surface area contributed by atoms with E-state index in [0.29, 0.717) is 12.2 Å². The molecular weight excluding hydrogens is 286 g/mol. The van der Waals surface area contributed by atoms with Gasteiger partial charge in [0.2, 0.25) is 5.91 Å². The Balaban J connectivity index is 1.71. The molecular formula is C16H21NO3S. The highest BCUT2D eigenvalue weighted by Gasteiger charge is 2.44. The van der Waals surface area contributed by atoms with Crippen LogP contribution in [-0.4, -0.2) is 30.5 Å². The van der Waals surface area contributed by atoms with E-state index in [1.807, 2.05) is 31.2 Å². The monoisotopic (exact) mass is 307 g/mol. The molecule has 2 rings (SSSR count). The topological polar surface area (TPSA) is 55.4 Å². The molecule has 0 saturated heterocycles. The molecule has 1 saturated carbocycles.